The Hall–Kier alpha value is -2.08. The van der Waals surface area contributed by atoms with Gasteiger partial charge in [-0.05, 0) is 31.4 Å². The normalized spacial score (nSPS) is 10.6. The lowest BCUT2D eigenvalue weighted by atomic mass is 10.1. The van der Waals surface area contributed by atoms with Crippen molar-refractivity contribution >= 4 is 23.5 Å². The minimum atomic E-state index is -1.16. The molecule has 128 valence electrons. The summed E-state index contributed by atoms with van der Waals surface area (Å²) in [5, 5.41) is 11.5. The molecule has 0 fully saturated rings. The first kappa shape index (κ1) is 18.3. The number of aryl methyl sites for hydroxylation is 1. The van der Waals surface area contributed by atoms with E-state index in [0.29, 0.717) is 5.75 Å². The van der Waals surface area contributed by atoms with Crippen LogP contribution in [0, 0.1) is 0 Å². The third kappa shape index (κ3) is 4.71. The van der Waals surface area contributed by atoms with E-state index in [-0.39, 0.29) is 5.56 Å². The average Bonchev–Trinajstić information content (AvgIpc) is 2.61. The highest BCUT2D eigenvalue weighted by Gasteiger charge is 2.09. The molecule has 24 heavy (non-hydrogen) atoms. The van der Waals surface area contributed by atoms with Gasteiger partial charge in [-0.15, -0.1) is 0 Å². The van der Waals surface area contributed by atoms with Crippen LogP contribution in [0.25, 0.3) is 0 Å². The number of hydrogen-bond donors (Lipinski definition) is 0. The molecule has 0 aliphatic heterocycles. The van der Waals surface area contributed by atoms with E-state index in [0.717, 1.165) is 41.7 Å². The van der Waals surface area contributed by atoms with Crippen LogP contribution in [0.3, 0.4) is 0 Å². The largest absolute Gasteiger partial charge is 0.545 e. The molecule has 6 heteroatoms. The minimum absolute atomic E-state index is 0.191. The molecule has 2 rings (SSSR count). The molecule has 2 aromatic rings. The van der Waals surface area contributed by atoms with Crippen molar-refractivity contribution in [2.24, 2.45) is 0 Å². The van der Waals surface area contributed by atoms with Gasteiger partial charge in [-0.3, -0.25) is 0 Å². The minimum Gasteiger partial charge on any atom is -0.545 e. The van der Waals surface area contributed by atoms with Gasteiger partial charge < -0.3 is 14.8 Å². The van der Waals surface area contributed by atoms with Gasteiger partial charge in [-0.2, -0.15) is 0 Å². The number of nitrogens with zero attached hydrogens (tertiary/aromatic N) is 3. The maximum absolute atomic E-state index is 10.8. The number of carbonyl (C=O) groups is 1. The van der Waals surface area contributed by atoms with Crippen molar-refractivity contribution in [2.75, 3.05) is 18.0 Å². The van der Waals surface area contributed by atoms with Gasteiger partial charge in [0.25, 0.3) is 0 Å². The number of anilines is 1. The van der Waals surface area contributed by atoms with E-state index in [1.807, 2.05) is 6.07 Å². The van der Waals surface area contributed by atoms with Gasteiger partial charge in [0.2, 0.25) is 0 Å². The van der Waals surface area contributed by atoms with E-state index in [4.69, 9.17) is 0 Å². The summed E-state index contributed by atoms with van der Waals surface area (Å²) in [6.45, 7) is 8.13. The Morgan fingerprint density at radius 2 is 1.79 bits per heavy atom. The fourth-order valence-corrected chi connectivity index (χ4v) is 3.13. The Morgan fingerprint density at radius 1 is 1.12 bits per heavy atom. The van der Waals surface area contributed by atoms with Crippen LogP contribution >= 0.6 is 11.8 Å². The van der Waals surface area contributed by atoms with Gasteiger partial charge in [0.05, 0.1) is 5.97 Å². The van der Waals surface area contributed by atoms with E-state index in [1.165, 1.54) is 0 Å². The molecule has 1 aromatic carbocycles. The zero-order chi connectivity index (χ0) is 17.5. The van der Waals surface area contributed by atoms with Crippen molar-refractivity contribution < 1.29 is 9.90 Å². The van der Waals surface area contributed by atoms with Crippen molar-refractivity contribution in [3.8, 4) is 0 Å². The van der Waals surface area contributed by atoms with Gasteiger partial charge in [0.15, 0.2) is 5.16 Å². The number of benzene rings is 1. The summed E-state index contributed by atoms with van der Waals surface area (Å²) in [6, 6.07) is 8.78. The van der Waals surface area contributed by atoms with Crippen LogP contribution in [-0.2, 0) is 12.2 Å². The standard InChI is InChI=1S/C18H23N3O2S/c1-4-15-11-16(21(5-2)6-3)20-18(19-15)24-12-13-7-9-14(10-8-13)17(22)23/h7-11H,4-6,12H2,1-3H3,(H,22,23)/p-1. The van der Waals surface area contributed by atoms with Crippen LogP contribution in [0.5, 0.6) is 0 Å². The van der Waals surface area contributed by atoms with E-state index >= 15 is 0 Å². The zero-order valence-electron chi connectivity index (χ0n) is 14.3. The molecule has 0 saturated carbocycles. The van der Waals surface area contributed by atoms with Gasteiger partial charge >= 0.3 is 0 Å². The number of carbonyl (C=O) groups excluding carboxylic acids is 1. The Labute approximate surface area is 147 Å². The SMILES string of the molecule is CCc1cc(N(CC)CC)nc(SCc2ccc(C(=O)[O-])cc2)n1. The topological polar surface area (TPSA) is 69.2 Å². The molecule has 0 unspecified atom stereocenters. The summed E-state index contributed by atoms with van der Waals surface area (Å²) in [7, 11) is 0. The van der Waals surface area contributed by atoms with Gasteiger partial charge in [0.1, 0.15) is 5.82 Å². The third-order valence-electron chi connectivity index (χ3n) is 3.75. The molecular formula is C18H22N3O2S-. The van der Waals surface area contributed by atoms with Crippen molar-refractivity contribution in [1.29, 1.82) is 0 Å². The summed E-state index contributed by atoms with van der Waals surface area (Å²) in [5.41, 5.74) is 2.25. The molecule has 1 heterocycles. The molecule has 0 aliphatic rings. The highest BCUT2D eigenvalue weighted by atomic mass is 32.2. The van der Waals surface area contributed by atoms with Gasteiger partial charge in [0, 0.05) is 30.6 Å². The third-order valence-corrected chi connectivity index (χ3v) is 4.67. The van der Waals surface area contributed by atoms with E-state index in [1.54, 1.807) is 36.0 Å². The van der Waals surface area contributed by atoms with E-state index < -0.39 is 5.97 Å². The lowest BCUT2D eigenvalue weighted by Crippen LogP contribution is -2.23. The Morgan fingerprint density at radius 3 is 2.33 bits per heavy atom. The maximum atomic E-state index is 10.8. The first-order chi connectivity index (χ1) is 11.6. The number of rotatable bonds is 8. The number of aromatic carboxylic acids is 1. The molecule has 0 bridgehead atoms. The van der Waals surface area contributed by atoms with Gasteiger partial charge in [-0.25, -0.2) is 9.97 Å². The lowest BCUT2D eigenvalue weighted by molar-refractivity contribution is -0.255. The summed E-state index contributed by atoms with van der Waals surface area (Å²) in [5.74, 6) is 0.497. The van der Waals surface area contributed by atoms with Crippen molar-refractivity contribution in [2.45, 2.75) is 38.1 Å². The summed E-state index contributed by atoms with van der Waals surface area (Å²) in [4.78, 5) is 22.2. The van der Waals surface area contributed by atoms with Crippen LogP contribution in [0.15, 0.2) is 35.5 Å². The molecule has 0 aliphatic carbocycles. The second-order valence-electron chi connectivity index (χ2n) is 5.30. The number of hydrogen-bond acceptors (Lipinski definition) is 6. The van der Waals surface area contributed by atoms with Crippen molar-refractivity contribution in [3.63, 3.8) is 0 Å². The molecule has 1 aromatic heterocycles. The molecule has 0 amide bonds. The maximum Gasteiger partial charge on any atom is 0.190 e. The number of thioether (sulfide) groups is 1. The molecule has 0 spiro atoms. The highest BCUT2D eigenvalue weighted by Crippen LogP contribution is 2.23. The van der Waals surface area contributed by atoms with Crippen LogP contribution in [0.2, 0.25) is 0 Å². The first-order valence-electron chi connectivity index (χ1n) is 8.13. The predicted molar refractivity (Wildman–Crippen MR) is 95.3 cm³/mol. The van der Waals surface area contributed by atoms with Crippen LogP contribution < -0.4 is 10.0 Å². The van der Waals surface area contributed by atoms with Crippen LogP contribution in [0.4, 0.5) is 5.82 Å². The summed E-state index contributed by atoms with van der Waals surface area (Å²) >= 11 is 1.56. The molecule has 0 atom stereocenters. The van der Waals surface area contributed by atoms with Crippen LogP contribution in [-0.4, -0.2) is 29.0 Å². The van der Waals surface area contributed by atoms with Crippen molar-refractivity contribution in [3.05, 3.63) is 47.2 Å². The molecular weight excluding hydrogens is 322 g/mol. The monoisotopic (exact) mass is 344 g/mol. The molecule has 0 saturated heterocycles. The number of carboxylic acids is 1. The average molecular weight is 344 g/mol. The number of aromatic nitrogens is 2. The first-order valence-corrected chi connectivity index (χ1v) is 9.11. The van der Waals surface area contributed by atoms with Gasteiger partial charge in [-0.1, -0.05) is 43.0 Å². The molecule has 0 N–H and O–H groups in total. The number of carboxylic acid groups (broad SMARTS) is 1. The second-order valence-corrected chi connectivity index (χ2v) is 6.24. The quantitative estimate of drug-likeness (QED) is 0.541. The van der Waals surface area contributed by atoms with E-state index in [9.17, 15) is 9.90 Å². The second kappa shape index (κ2) is 8.68. The zero-order valence-corrected chi connectivity index (χ0v) is 15.1. The summed E-state index contributed by atoms with van der Waals surface area (Å²) < 4.78 is 0. The van der Waals surface area contributed by atoms with E-state index in [2.05, 4.69) is 35.6 Å². The predicted octanol–water partition coefficient (Wildman–Crippen LogP) is 2.54. The van der Waals surface area contributed by atoms with Crippen LogP contribution in [0.1, 0.15) is 42.4 Å². The Kier molecular flexibility index (Phi) is 6.61. The molecule has 5 nitrogen and oxygen atoms in total. The fourth-order valence-electron chi connectivity index (χ4n) is 2.30. The van der Waals surface area contributed by atoms with Crippen molar-refractivity contribution in [1.82, 2.24) is 9.97 Å². The highest BCUT2D eigenvalue weighted by molar-refractivity contribution is 7.98. The Bertz CT molecular complexity index is 685. The molecule has 0 radical (unpaired) electrons. The lowest BCUT2D eigenvalue weighted by Gasteiger charge is -2.20. The Balaban J connectivity index is 2.13. The summed E-state index contributed by atoms with van der Waals surface area (Å²) in [6.07, 6.45) is 0.866. The fraction of sp³-hybridized carbons (Fsp3) is 0.389. The smallest absolute Gasteiger partial charge is 0.190 e.